The van der Waals surface area contributed by atoms with E-state index in [1.54, 1.807) is 12.1 Å². The lowest BCUT2D eigenvalue weighted by atomic mass is 10.1. The van der Waals surface area contributed by atoms with E-state index >= 15 is 0 Å². The van der Waals surface area contributed by atoms with Gasteiger partial charge in [-0.05, 0) is 49.9 Å². The topological polar surface area (TPSA) is 84.3 Å². The molecule has 0 atom stereocenters. The molecule has 0 unspecified atom stereocenters. The number of hydrogen-bond acceptors (Lipinski definition) is 4. The van der Waals surface area contributed by atoms with Gasteiger partial charge in [-0.2, -0.15) is 0 Å². The molecular formula is C19H21N3O3. The van der Waals surface area contributed by atoms with Crippen LogP contribution >= 0.6 is 0 Å². The highest BCUT2D eigenvalue weighted by Gasteiger charge is 2.25. The maximum Gasteiger partial charge on any atom is 0.293 e. The van der Waals surface area contributed by atoms with Crippen LogP contribution in [0.2, 0.25) is 0 Å². The number of hydrogen-bond donors (Lipinski definition) is 2. The fraction of sp³-hybridized carbons (Fsp3) is 0.316. The van der Waals surface area contributed by atoms with E-state index in [0.29, 0.717) is 18.3 Å². The van der Waals surface area contributed by atoms with Crippen molar-refractivity contribution in [1.29, 1.82) is 0 Å². The molecule has 1 amide bonds. The number of amides is 1. The summed E-state index contributed by atoms with van der Waals surface area (Å²) in [6.45, 7) is 4.41. The first-order valence-electron chi connectivity index (χ1n) is 8.33. The van der Waals surface area contributed by atoms with E-state index in [2.05, 4.69) is 16.7 Å². The minimum atomic E-state index is -0.453. The van der Waals surface area contributed by atoms with Gasteiger partial charge in [-0.25, -0.2) is 0 Å². The SMILES string of the molecule is Cc1ccc(CNC(=O)c2ccc(NC3CC3)c([N+](=O)[O-])c2)c(C)c1. The summed E-state index contributed by atoms with van der Waals surface area (Å²) in [5.41, 5.74) is 4.00. The number of nitrogens with one attached hydrogen (secondary N) is 2. The average molecular weight is 339 g/mol. The van der Waals surface area contributed by atoms with Crippen molar-refractivity contribution in [3.63, 3.8) is 0 Å². The van der Waals surface area contributed by atoms with Crippen molar-refractivity contribution in [2.24, 2.45) is 0 Å². The number of nitrogens with zero attached hydrogens (tertiary/aromatic N) is 1. The van der Waals surface area contributed by atoms with E-state index in [1.165, 1.54) is 11.6 Å². The Hall–Kier alpha value is -2.89. The summed E-state index contributed by atoms with van der Waals surface area (Å²) in [6.07, 6.45) is 2.05. The monoisotopic (exact) mass is 339 g/mol. The molecule has 6 nitrogen and oxygen atoms in total. The van der Waals surface area contributed by atoms with Crippen molar-refractivity contribution < 1.29 is 9.72 Å². The van der Waals surface area contributed by atoms with Gasteiger partial charge in [-0.1, -0.05) is 23.8 Å². The first-order valence-corrected chi connectivity index (χ1v) is 8.33. The second-order valence-corrected chi connectivity index (χ2v) is 6.52. The summed E-state index contributed by atoms with van der Waals surface area (Å²) in [7, 11) is 0. The minimum Gasteiger partial charge on any atom is -0.377 e. The van der Waals surface area contributed by atoms with Crippen LogP contribution < -0.4 is 10.6 Å². The molecule has 3 rings (SSSR count). The van der Waals surface area contributed by atoms with Crippen LogP contribution in [0.4, 0.5) is 11.4 Å². The van der Waals surface area contributed by atoms with Crippen molar-refractivity contribution in [2.75, 3.05) is 5.32 Å². The number of nitro benzene ring substituents is 1. The van der Waals surface area contributed by atoms with Gasteiger partial charge < -0.3 is 10.6 Å². The van der Waals surface area contributed by atoms with Crippen LogP contribution in [-0.4, -0.2) is 16.9 Å². The second-order valence-electron chi connectivity index (χ2n) is 6.52. The van der Waals surface area contributed by atoms with E-state index in [4.69, 9.17) is 0 Å². The smallest absolute Gasteiger partial charge is 0.293 e. The molecule has 1 fully saturated rings. The van der Waals surface area contributed by atoms with E-state index in [-0.39, 0.29) is 17.2 Å². The maximum absolute atomic E-state index is 12.4. The Morgan fingerprint density at radius 3 is 2.60 bits per heavy atom. The molecule has 0 spiro atoms. The summed E-state index contributed by atoms with van der Waals surface area (Å²) in [4.78, 5) is 23.2. The number of carbonyl (C=O) groups excluding carboxylic acids is 1. The molecule has 2 aromatic carbocycles. The van der Waals surface area contributed by atoms with Gasteiger partial charge in [0.2, 0.25) is 0 Å². The van der Waals surface area contributed by atoms with Gasteiger partial charge in [0.1, 0.15) is 5.69 Å². The van der Waals surface area contributed by atoms with Crippen LogP contribution in [0.25, 0.3) is 0 Å². The number of aryl methyl sites for hydroxylation is 2. The van der Waals surface area contributed by atoms with Gasteiger partial charge in [0, 0.05) is 24.2 Å². The highest BCUT2D eigenvalue weighted by atomic mass is 16.6. The van der Waals surface area contributed by atoms with Crippen LogP contribution in [-0.2, 0) is 6.54 Å². The lowest BCUT2D eigenvalue weighted by Gasteiger charge is -2.10. The molecule has 1 aliphatic rings. The molecule has 0 heterocycles. The highest BCUT2D eigenvalue weighted by molar-refractivity contribution is 5.95. The number of carbonyl (C=O) groups is 1. The summed E-state index contributed by atoms with van der Waals surface area (Å²) in [5.74, 6) is -0.318. The Labute approximate surface area is 146 Å². The van der Waals surface area contributed by atoms with Crippen molar-refractivity contribution in [3.05, 3.63) is 68.8 Å². The quantitative estimate of drug-likeness (QED) is 0.620. The van der Waals surface area contributed by atoms with Crippen LogP contribution in [0.3, 0.4) is 0 Å². The van der Waals surface area contributed by atoms with Crippen LogP contribution in [0, 0.1) is 24.0 Å². The third-order valence-electron chi connectivity index (χ3n) is 4.33. The second kappa shape index (κ2) is 6.93. The van der Waals surface area contributed by atoms with Crippen molar-refractivity contribution in [3.8, 4) is 0 Å². The van der Waals surface area contributed by atoms with Crippen molar-refractivity contribution in [1.82, 2.24) is 5.32 Å². The van der Waals surface area contributed by atoms with E-state index in [9.17, 15) is 14.9 Å². The number of anilines is 1. The molecule has 0 aliphatic heterocycles. The van der Waals surface area contributed by atoms with Gasteiger partial charge >= 0.3 is 0 Å². The number of nitro groups is 1. The third kappa shape index (κ3) is 4.15. The van der Waals surface area contributed by atoms with E-state index < -0.39 is 4.92 Å². The summed E-state index contributed by atoms with van der Waals surface area (Å²) in [6, 6.07) is 10.9. The Bertz CT molecular complexity index is 829. The Morgan fingerprint density at radius 2 is 1.96 bits per heavy atom. The Balaban J connectivity index is 1.72. The lowest BCUT2D eigenvalue weighted by molar-refractivity contribution is -0.384. The molecule has 130 valence electrons. The predicted octanol–water partition coefficient (Wildman–Crippen LogP) is 3.72. The molecule has 0 radical (unpaired) electrons. The summed E-state index contributed by atoms with van der Waals surface area (Å²) < 4.78 is 0. The van der Waals surface area contributed by atoms with Crippen molar-refractivity contribution >= 4 is 17.3 Å². The zero-order valence-corrected chi connectivity index (χ0v) is 14.3. The summed E-state index contributed by atoms with van der Waals surface area (Å²) in [5, 5.41) is 17.2. The normalized spacial score (nSPS) is 13.4. The van der Waals surface area contributed by atoms with Crippen molar-refractivity contribution in [2.45, 2.75) is 39.3 Å². The first-order chi connectivity index (χ1) is 11.9. The molecular weight excluding hydrogens is 318 g/mol. The molecule has 1 saturated carbocycles. The standard InChI is InChI=1S/C19H21N3O3/c1-12-3-4-15(13(2)9-12)11-20-19(23)14-5-8-17(21-16-6-7-16)18(10-14)22(24)25/h3-5,8-10,16,21H,6-7,11H2,1-2H3,(H,20,23). The van der Waals surface area contributed by atoms with Crippen LogP contribution in [0.1, 0.15) is 39.9 Å². The van der Waals surface area contributed by atoms with Crippen LogP contribution in [0.15, 0.2) is 36.4 Å². The van der Waals surface area contributed by atoms with Gasteiger partial charge in [0.15, 0.2) is 0 Å². The molecule has 2 aromatic rings. The zero-order valence-electron chi connectivity index (χ0n) is 14.3. The predicted molar refractivity (Wildman–Crippen MR) is 96.8 cm³/mol. The molecule has 0 bridgehead atoms. The highest BCUT2D eigenvalue weighted by Crippen LogP contribution is 2.31. The van der Waals surface area contributed by atoms with E-state index in [0.717, 1.165) is 24.0 Å². The van der Waals surface area contributed by atoms with E-state index in [1.807, 2.05) is 26.0 Å². The van der Waals surface area contributed by atoms with Gasteiger partial charge in [0.05, 0.1) is 4.92 Å². The van der Waals surface area contributed by atoms with Gasteiger partial charge in [0.25, 0.3) is 11.6 Å². The lowest BCUT2D eigenvalue weighted by Crippen LogP contribution is -2.23. The first kappa shape index (κ1) is 17.0. The molecule has 6 heteroatoms. The molecule has 25 heavy (non-hydrogen) atoms. The summed E-state index contributed by atoms with van der Waals surface area (Å²) >= 11 is 0. The molecule has 1 aliphatic carbocycles. The largest absolute Gasteiger partial charge is 0.377 e. The molecule has 0 aromatic heterocycles. The molecule has 2 N–H and O–H groups in total. The van der Waals surface area contributed by atoms with Crippen LogP contribution in [0.5, 0.6) is 0 Å². The minimum absolute atomic E-state index is 0.0638. The molecule has 0 saturated heterocycles. The fourth-order valence-electron chi connectivity index (χ4n) is 2.72. The maximum atomic E-state index is 12.4. The number of benzene rings is 2. The zero-order chi connectivity index (χ0) is 18.0. The Kier molecular flexibility index (Phi) is 4.70. The van der Waals surface area contributed by atoms with Gasteiger partial charge in [-0.15, -0.1) is 0 Å². The Morgan fingerprint density at radius 1 is 1.20 bits per heavy atom. The third-order valence-corrected chi connectivity index (χ3v) is 4.33. The van der Waals surface area contributed by atoms with Gasteiger partial charge in [-0.3, -0.25) is 14.9 Å². The number of rotatable bonds is 6. The fourth-order valence-corrected chi connectivity index (χ4v) is 2.72. The average Bonchev–Trinajstić information content (AvgIpc) is 3.38.